The van der Waals surface area contributed by atoms with Crippen molar-refractivity contribution in [1.82, 2.24) is 14.7 Å². The molecule has 3 rings (SSSR count). The number of hydrogen-bond acceptors (Lipinski definition) is 5. The molecule has 3 fully saturated rings. The predicted octanol–water partition coefficient (Wildman–Crippen LogP) is 2.94. The maximum Gasteiger partial charge on any atom is 0.247 e. The highest BCUT2D eigenvalue weighted by molar-refractivity contribution is 8.02. The Kier molecular flexibility index (Phi) is 9.13. The SMILES string of the molecule is C=CCN(C)C(=O)[C@@H]1[C@@H]2CCC3(S2)C(C(=O)N(CC=C)CCCC)N([C@@H](CO)[C@@H](C)CC)C(=O)[C@H]13. The molecule has 1 spiro atoms. The molecule has 7 atom stereocenters. The second-order valence-electron chi connectivity index (χ2n) is 10.4. The Bertz CT molecular complexity index is 835. The number of likely N-dealkylation sites (tertiary alicyclic amines) is 1. The molecule has 2 bridgehead atoms. The molecule has 0 aliphatic carbocycles. The van der Waals surface area contributed by atoms with Crippen LogP contribution in [0.25, 0.3) is 0 Å². The maximum atomic E-state index is 14.2. The second kappa shape index (κ2) is 11.5. The van der Waals surface area contributed by atoms with Gasteiger partial charge in [0.15, 0.2) is 0 Å². The van der Waals surface area contributed by atoms with Crippen LogP contribution in [0.3, 0.4) is 0 Å². The lowest BCUT2D eigenvalue weighted by atomic mass is 9.70. The zero-order valence-electron chi connectivity index (χ0n) is 21.8. The fourth-order valence-corrected chi connectivity index (χ4v) is 8.52. The molecule has 2 unspecified atom stereocenters. The Morgan fingerprint density at radius 3 is 2.51 bits per heavy atom. The summed E-state index contributed by atoms with van der Waals surface area (Å²) in [5, 5.41) is 10.5. The van der Waals surface area contributed by atoms with Crippen molar-refractivity contribution in [3.63, 3.8) is 0 Å². The number of hydrogen-bond donors (Lipinski definition) is 1. The first-order valence-electron chi connectivity index (χ1n) is 13.1. The molecule has 3 saturated heterocycles. The van der Waals surface area contributed by atoms with Crippen LogP contribution in [0.5, 0.6) is 0 Å². The number of nitrogens with zero attached hydrogens (tertiary/aromatic N) is 3. The maximum absolute atomic E-state index is 14.2. The highest BCUT2D eigenvalue weighted by Gasteiger charge is 2.74. The molecule has 35 heavy (non-hydrogen) atoms. The van der Waals surface area contributed by atoms with E-state index in [0.717, 1.165) is 32.1 Å². The van der Waals surface area contributed by atoms with Gasteiger partial charge in [-0.1, -0.05) is 45.8 Å². The smallest absolute Gasteiger partial charge is 0.247 e. The number of rotatable bonds is 13. The number of likely N-dealkylation sites (N-methyl/N-ethyl adjacent to an activating group) is 1. The highest BCUT2D eigenvalue weighted by atomic mass is 32.2. The molecule has 3 heterocycles. The van der Waals surface area contributed by atoms with Gasteiger partial charge >= 0.3 is 0 Å². The summed E-state index contributed by atoms with van der Waals surface area (Å²) in [6, 6.07) is -1.14. The Hall–Kier alpha value is -1.80. The van der Waals surface area contributed by atoms with Gasteiger partial charge in [0, 0.05) is 31.9 Å². The van der Waals surface area contributed by atoms with Gasteiger partial charge in [-0.25, -0.2) is 0 Å². The van der Waals surface area contributed by atoms with Gasteiger partial charge in [-0.2, -0.15) is 0 Å². The Labute approximate surface area is 215 Å². The van der Waals surface area contributed by atoms with E-state index < -0.39 is 28.7 Å². The minimum atomic E-state index is -0.680. The Morgan fingerprint density at radius 1 is 1.26 bits per heavy atom. The Morgan fingerprint density at radius 2 is 1.94 bits per heavy atom. The summed E-state index contributed by atoms with van der Waals surface area (Å²) in [5.74, 6) is -1.24. The summed E-state index contributed by atoms with van der Waals surface area (Å²) in [5.41, 5.74) is 0. The Balaban J connectivity index is 2.09. The van der Waals surface area contributed by atoms with Crippen LogP contribution in [0, 0.1) is 17.8 Å². The zero-order chi connectivity index (χ0) is 25.9. The molecule has 0 aromatic rings. The summed E-state index contributed by atoms with van der Waals surface area (Å²) in [6.07, 6.45) is 7.57. The molecule has 0 aromatic heterocycles. The minimum Gasteiger partial charge on any atom is -0.394 e. The molecule has 196 valence electrons. The van der Waals surface area contributed by atoms with Crippen molar-refractivity contribution in [2.24, 2.45) is 17.8 Å². The third-order valence-electron chi connectivity index (χ3n) is 8.32. The minimum absolute atomic E-state index is 0.0257. The molecule has 0 radical (unpaired) electrons. The van der Waals surface area contributed by atoms with Gasteiger partial charge in [-0.15, -0.1) is 24.9 Å². The van der Waals surface area contributed by atoms with Gasteiger partial charge in [0.25, 0.3) is 0 Å². The third kappa shape index (κ3) is 4.68. The largest absolute Gasteiger partial charge is 0.394 e. The lowest BCUT2D eigenvalue weighted by Crippen LogP contribution is -2.58. The van der Waals surface area contributed by atoms with Crippen LogP contribution in [0.4, 0.5) is 0 Å². The summed E-state index contributed by atoms with van der Waals surface area (Å²) in [4.78, 5) is 47.2. The first-order valence-corrected chi connectivity index (χ1v) is 14.0. The van der Waals surface area contributed by atoms with Crippen LogP contribution in [0.2, 0.25) is 0 Å². The summed E-state index contributed by atoms with van der Waals surface area (Å²) in [6.45, 7) is 15.0. The van der Waals surface area contributed by atoms with Crippen molar-refractivity contribution in [3.8, 4) is 0 Å². The van der Waals surface area contributed by atoms with Crippen LogP contribution in [-0.4, -0.2) is 92.9 Å². The van der Waals surface area contributed by atoms with E-state index in [1.807, 2.05) is 18.7 Å². The average molecular weight is 506 g/mol. The number of aliphatic hydroxyl groups is 1. The molecular weight excluding hydrogens is 462 g/mol. The summed E-state index contributed by atoms with van der Waals surface area (Å²) >= 11 is 1.68. The van der Waals surface area contributed by atoms with Crippen molar-refractivity contribution < 1.29 is 19.5 Å². The van der Waals surface area contributed by atoms with Gasteiger partial charge in [-0.05, 0) is 25.2 Å². The quantitative estimate of drug-likeness (QED) is 0.389. The van der Waals surface area contributed by atoms with Crippen LogP contribution in [-0.2, 0) is 14.4 Å². The standard InChI is InChI=1S/C27H43N3O4S/c1-7-11-16-29(15-9-3)26(34)23-27-13-12-20(35-27)21(24(32)28(6)14-8-2)22(27)25(33)30(23)19(17-31)18(5)10-4/h8-9,18-23,31H,2-3,7,10-17H2,1,4-6H3/t18-,19-,20-,21+,22-,23?,27?/m0/s1. The molecule has 1 N–H and O–H groups in total. The first kappa shape index (κ1) is 27.8. The van der Waals surface area contributed by atoms with E-state index in [0.29, 0.717) is 19.6 Å². The number of carbonyl (C=O) groups excluding carboxylic acids is 3. The van der Waals surface area contributed by atoms with Gasteiger partial charge in [-0.3, -0.25) is 14.4 Å². The highest BCUT2D eigenvalue weighted by Crippen LogP contribution is 2.67. The number of aliphatic hydroxyl groups excluding tert-OH is 1. The predicted molar refractivity (Wildman–Crippen MR) is 141 cm³/mol. The lowest BCUT2D eigenvalue weighted by molar-refractivity contribution is -0.147. The zero-order valence-corrected chi connectivity index (χ0v) is 22.6. The normalized spacial score (nSPS) is 30.7. The molecular formula is C27H43N3O4S. The van der Waals surface area contributed by atoms with E-state index in [-0.39, 0.29) is 35.5 Å². The van der Waals surface area contributed by atoms with Gasteiger partial charge in [0.1, 0.15) is 6.04 Å². The van der Waals surface area contributed by atoms with Gasteiger partial charge in [0.2, 0.25) is 17.7 Å². The molecule has 8 heteroatoms. The van der Waals surface area contributed by atoms with E-state index in [2.05, 4.69) is 20.1 Å². The van der Waals surface area contributed by atoms with E-state index in [1.165, 1.54) is 0 Å². The fraction of sp³-hybridized carbons (Fsp3) is 0.741. The van der Waals surface area contributed by atoms with E-state index in [9.17, 15) is 19.5 Å². The van der Waals surface area contributed by atoms with Crippen LogP contribution in [0.1, 0.15) is 52.9 Å². The monoisotopic (exact) mass is 505 g/mol. The summed E-state index contributed by atoms with van der Waals surface area (Å²) < 4.78 is -0.638. The van der Waals surface area contributed by atoms with Crippen molar-refractivity contribution >= 4 is 29.5 Å². The van der Waals surface area contributed by atoms with Crippen molar-refractivity contribution in [2.75, 3.05) is 33.3 Å². The fourth-order valence-electron chi connectivity index (χ4n) is 6.33. The van der Waals surface area contributed by atoms with Crippen molar-refractivity contribution in [3.05, 3.63) is 25.3 Å². The molecule has 3 aliphatic heterocycles. The number of carbonyl (C=O) groups is 3. The average Bonchev–Trinajstić information content (AvgIpc) is 3.49. The number of amides is 3. The summed E-state index contributed by atoms with van der Waals surface area (Å²) in [7, 11) is 1.75. The van der Waals surface area contributed by atoms with Crippen LogP contribution < -0.4 is 0 Å². The molecule has 3 amide bonds. The lowest BCUT2D eigenvalue weighted by Gasteiger charge is -2.41. The van der Waals surface area contributed by atoms with Crippen LogP contribution >= 0.6 is 11.8 Å². The molecule has 3 aliphatic rings. The third-order valence-corrected chi connectivity index (χ3v) is 10.3. The topological polar surface area (TPSA) is 81.2 Å². The van der Waals surface area contributed by atoms with Gasteiger partial charge in [0.05, 0.1) is 29.2 Å². The molecule has 0 aromatic carbocycles. The van der Waals surface area contributed by atoms with E-state index in [4.69, 9.17) is 0 Å². The molecule has 0 saturated carbocycles. The number of fused-ring (bicyclic) bond motifs is 1. The van der Waals surface area contributed by atoms with Crippen molar-refractivity contribution in [2.45, 2.75) is 75.0 Å². The van der Waals surface area contributed by atoms with Crippen molar-refractivity contribution in [1.29, 1.82) is 0 Å². The van der Waals surface area contributed by atoms with Crippen LogP contribution in [0.15, 0.2) is 25.3 Å². The molecule has 7 nitrogen and oxygen atoms in total. The number of unbranched alkanes of at least 4 members (excludes halogenated alkanes) is 1. The van der Waals surface area contributed by atoms with E-state index >= 15 is 0 Å². The second-order valence-corrected chi connectivity index (χ2v) is 12.0. The first-order chi connectivity index (χ1) is 16.7. The van der Waals surface area contributed by atoms with Gasteiger partial charge < -0.3 is 19.8 Å². The van der Waals surface area contributed by atoms with E-state index in [1.54, 1.807) is 40.8 Å². The number of thioether (sulfide) groups is 1.